The number of pyridine rings is 1. The second kappa shape index (κ2) is 9.52. The number of nitrogens with one attached hydrogen (secondary N) is 1. The first-order chi connectivity index (χ1) is 14.0. The highest BCUT2D eigenvalue weighted by Gasteiger charge is 2.32. The Hall–Kier alpha value is -2.93. The Balaban J connectivity index is 1.67. The third kappa shape index (κ3) is 5.32. The minimum atomic E-state index is -0.482. The molecule has 29 heavy (non-hydrogen) atoms. The van der Waals surface area contributed by atoms with Crippen LogP contribution in [0.4, 0.5) is 0 Å². The number of methoxy groups -OCH3 is 1. The van der Waals surface area contributed by atoms with E-state index in [2.05, 4.69) is 21.3 Å². The molecule has 2 amide bonds. The average molecular weight is 396 g/mol. The molecule has 1 unspecified atom stereocenters. The van der Waals surface area contributed by atoms with Gasteiger partial charge in [0.2, 0.25) is 11.8 Å². The van der Waals surface area contributed by atoms with E-state index < -0.39 is 6.04 Å². The van der Waals surface area contributed by atoms with E-state index in [1.807, 2.05) is 37.3 Å². The SMILES string of the molecule is COc1ccc(CN2CCNC(=O)C2CC(=O)N(C)Cc2ccccn2)cc1C. The van der Waals surface area contributed by atoms with Crippen LogP contribution in [0.15, 0.2) is 42.6 Å². The number of amides is 2. The number of carbonyl (C=O) groups excluding carboxylic acids is 2. The number of carbonyl (C=O) groups is 2. The van der Waals surface area contributed by atoms with E-state index in [0.29, 0.717) is 26.2 Å². The van der Waals surface area contributed by atoms with Gasteiger partial charge < -0.3 is 15.0 Å². The van der Waals surface area contributed by atoms with Crippen LogP contribution in [0, 0.1) is 6.92 Å². The standard InChI is InChI=1S/C22H28N4O3/c1-16-12-17(7-8-20(16)29-3)14-26-11-10-24-22(28)19(26)13-21(27)25(2)15-18-6-4-5-9-23-18/h4-9,12,19H,10-11,13-15H2,1-3H3,(H,24,28). The molecule has 1 aromatic heterocycles. The number of rotatable bonds is 7. The summed E-state index contributed by atoms with van der Waals surface area (Å²) in [4.78, 5) is 33.3. The van der Waals surface area contributed by atoms with Crippen LogP contribution in [0.25, 0.3) is 0 Å². The smallest absolute Gasteiger partial charge is 0.237 e. The quantitative estimate of drug-likeness (QED) is 0.772. The summed E-state index contributed by atoms with van der Waals surface area (Å²) in [5, 5.41) is 2.89. The van der Waals surface area contributed by atoms with Crippen LogP contribution in [-0.4, -0.2) is 59.9 Å². The summed E-state index contributed by atoms with van der Waals surface area (Å²) < 4.78 is 5.32. The van der Waals surface area contributed by atoms with Gasteiger partial charge in [-0.2, -0.15) is 0 Å². The molecule has 1 fully saturated rings. The lowest BCUT2D eigenvalue weighted by molar-refractivity contribution is -0.138. The van der Waals surface area contributed by atoms with Crippen molar-refractivity contribution >= 4 is 11.8 Å². The Morgan fingerprint density at radius 2 is 2.17 bits per heavy atom. The average Bonchev–Trinajstić information content (AvgIpc) is 2.71. The van der Waals surface area contributed by atoms with E-state index in [1.54, 1.807) is 25.3 Å². The van der Waals surface area contributed by atoms with Crippen LogP contribution in [0.1, 0.15) is 23.2 Å². The predicted molar refractivity (Wildman–Crippen MR) is 110 cm³/mol. The number of nitrogens with zero attached hydrogens (tertiary/aromatic N) is 3. The lowest BCUT2D eigenvalue weighted by atomic mass is 10.0. The number of aryl methyl sites for hydroxylation is 1. The fourth-order valence-electron chi connectivity index (χ4n) is 3.59. The molecule has 1 saturated heterocycles. The van der Waals surface area contributed by atoms with Gasteiger partial charge in [0.15, 0.2) is 0 Å². The summed E-state index contributed by atoms with van der Waals surface area (Å²) in [5.41, 5.74) is 2.97. The molecule has 7 heteroatoms. The number of hydrogen-bond acceptors (Lipinski definition) is 5. The van der Waals surface area contributed by atoms with Crippen LogP contribution in [0.3, 0.4) is 0 Å². The normalized spacial score (nSPS) is 16.9. The van der Waals surface area contributed by atoms with Crippen molar-refractivity contribution in [2.24, 2.45) is 0 Å². The molecule has 0 aliphatic carbocycles. The highest BCUT2D eigenvalue weighted by atomic mass is 16.5. The second-order valence-electron chi connectivity index (χ2n) is 7.36. The zero-order chi connectivity index (χ0) is 20.8. The maximum absolute atomic E-state index is 12.8. The lowest BCUT2D eigenvalue weighted by Gasteiger charge is -2.35. The van der Waals surface area contributed by atoms with Crippen molar-refractivity contribution in [1.82, 2.24) is 20.1 Å². The van der Waals surface area contributed by atoms with Crippen molar-refractivity contribution in [2.45, 2.75) is 32.5 Å². The fourth-order valence-corrected chi connectivity index (χ4v) is 3.59. The van der Waals surface area contributed by atoms with Crippen LogP contribution in [0.2, 0.25) is 0 Å². The molecular weight excluding hydrogens is 368 g/mol. The van der Waals surface area contributed by atoms with Gasteiger partial charge in [-0.1, -0.05) is 18.2 Å². The van der Waals surface area contributed by atoms with Crippen LogP contribution < -0.4 is 10.1 Å². The molecule has 0 spiro atoms. The maximum Gasteiger partial charge on any atom is 0.237 e. The molecule has 3 rings (SSSR count). The fraction of sp³-hybridized carbons (Fsp3) is 0.409. The van der Waals surface area contributed by atoms with Crippen molar-refractivity contribution in [1.29, 1.82) is 0 Å². The second-order valence-corrected chi connectivity index (χ2v) is 7.36. The van der Waals surface area contributed by atoms with Crippen LogP contribution in [0.5, 0.6) is 5.75 Å². The number of ether oxygens (including phenoxy) is 1. The Morgan fingerprint density at radius 3 is 2.86 bits per heavy atom. The van der Waals surface area contributed by atoms with Crippen molar-refractivity contribution in [3.8, 4) is 5.75 Å². The van der Waals surface area contributed by atoms with E-state index in [4.69, 9.17) is 4.74 Å². The molecule has 154 valence electrons. The summed E-state index contributed by atoms with van der Waals surface area (Å²) >= 11 is 0. The molecule has 1 atom stereocenters. The van der Waals surface area contributed by atoms with Crippen LogP contribution in [-0.2, 0) is 22.7 Å². The van der Waals surface area contributed by atoms with Gasteiger partial charge in [0, 0.05) is 32.9 Å². The zero-order valence-electron chi connectivity index (χ0n) is 17.2. The van der Waals surface area contributed by atoms with E-state index in [0.717, 1.165) is 22.6 Å². The third-order valence-electron chi connectivity index (χ3n) is 5.21. The number of piperazine rings is 1. The minimum absolute atomic E-state index is 0.0754. The Bertz CT molecular complexity index is 856. The number of hydrogen-bond donors (Lipinski definition) is 1. The van der Waals surface area contributed by atoms with E-state index in [1.165, 1.54) is 0 Å². The molecule has 1 aliphatic rings. The van der Waals surface area contributed by atoms with Gasteiger partial charge in [0.25, 0.3) is 0 Å². The summed E-state index contributed by atoms with van der Waals surface area (Å²) in [6.07, 6.45) is 1.85. The summed E-state index contributed by atoms with van der Waals surface area (Å²) in [6.45, 7) is 4.33. The van der Waals surface area contributed by atoms with Gasteiger partial charge in [-0.3, -0.25) is 19.5 Å². The zero-order valence-corrected chi connectivity index (χ0v) is 17.2. The summed E-state index contributed by atoms with van der Waals surface area (Å²) in [7, 11) is 3.40. The molecule has 1 aromatic carbocycles. The van der Waals surface area contributed by atoms with E-state index in [9.17, 15) is 9.59 Å². The molecule has 1 aliphatic heterocycles. The molecule has 1 N–H and O–H groups in total. The Morgan fingerprint density at radius 1 is 1.34 bits per heavy atom. The predicted octanol–water partition coefficient (Wildman–Crippen LogP) is 1.75. The monoisotopic (exact) mass is 396 g/mol. The molecule has 2 heterocycles. The lowest BCUT2D eigenvalue weighted by Crippen LogP contribution is -2.56. The summed E-state index contributed by atoms with van der Waals surface area (Å²) in [6, 6.07) is 11.2. The molecule has 2 aromatic rings. The van der Waals surface area contributed by atoms with Gasteiger partial charge in [0.1, 0.15) is 5.75 Å². The first-order valence-corrected chi connectivity index (χ1v) is 9.77. The number of benzene rings is 1. The number of aromatic nitrogens is 1. The molecule has 0 radical (unpaired) electrons. The summed E-state index contributed by atoms with van der Waals surface area (Å²) in [5.74, 6) is 0.669. The maximum atomic E-state index is 12.8. The highest BCUT2D eigenvalue weighted by molar-refractivity contribution is 5.88. The van der Waals surface area contributed by atoms with Crippen LogP contribution >= 0.6 is 0 Å². The Kier molecular flexibility index (Phi) is 6.82. The van der Waals surface area contributed by atoms with Crippen molar-refractivity contribution < 1.29 is 14.3 Å². The topological polar surface area (TPSA) is 74.8 Å². The largest absolute Gasteiger partial charge is 0.496 e. The Labute approximate surface area is 171 Å². The minimum Gasteiger partial charge on any atom is -0.496 e. The van der Waals surface area contributed by atoms with Gasteiger partial charge >= 0.3 is 0 Å². The first kappa shape index (κ1) is 20.8. The third-order valence-corrected chi connectivity index (χ3v) is 5.21. The molecular formula is C22H28N4O3. The molecule has 0 bridgehead atoms. The van der Waals surface area contributed by atoms with Crippen molar-refractivity contribution in [3.05, 3.63) is 59.4 Å². The first-order valence-electron chi connectivity index (χ1n) is 9.77. The van der Waals surface area contributed by atoms with Gasteiger partial charge in [-0.05, 0) is 36.2 Å². The van der Waals surface area contributed by atoms with Gasteiger partial charge in [0.05, 0.1) is 31.8 Å². The van der Waals surface area contributed by atoms with E-state index >= 15 is 0 Å². The molecule has 7 nitrogen and oxygen atoms in total. The molecule has 0 saturated carbocycles. The van der Waals surface area contributed by atoms with Crippen molar-refractivity contribution in [3.63, 3.8) is 0 Å². The van der Waals surface area contributed by atoms with Gasteiger partial charge in [-0.25, -0.2) is 0 Å². The van der Waals surface area contributed by atoms with Gasteiger partial charge in [-0.15, -0.1) is 0 Å². The van der Waals surface area contributed by atoms with E-state index in [-0.39, 0.29) is 18.2 Å². The van der Waals surface area contributed by atoms with Crippen molar-refractivity contribution in [2.75, 3.05) is 27.2 Å². The highest BCUT2D eigenvalue weighted by Crippen LogP contribution is 2.21.